The molecule has 0 saturated carbocycles. The van der Waals surface area contributed by atoms with Crippen LogP contribution in [0.5, 0.6) is 0 Å². The smallest absolute Gasteiger partial charge is 0.307 e. The lowest BCUT2D eigenvalue weighted by atomic mass is 10.1. The Bertz CT molecular complexity index is 202. The minimum Gasteiger partial charge on any atom is -0.481 e. The second-order valence-corrected chi connectivity index (χ2v) is 4.47. The summed E-state index contributed by atoms with van der Waals surface area (Å²) in [6, 6.07) is 0. The first-order valence-corrected chi connectivity index (χ1v) is 5.53. The molecule has 1 N–H and O–H groups in total. The molecule has 0 aliphatic carbocycles. The summed E-state index contributed by atoms with van der Waals surface area (Å²) in [4.78, 5) is 12.9. The third kappa shape index (κ3) is 7.14. The minimum atomic E-state index is -0.728. The van der Waals surface area contributed by atoms with Gasteiger partial charge in [-0.05, 0) is 18.9 Å². The maximum atomic E-state index is 10.7. The molecule has 0 saturated heterocycles. The Hall–Kier alpha value is -0.830. The van der Waals surface area contributed by atoms with Crippen LogP contribution in [0.2, 0.25) is 0 Å². The van der Waals surface area contributed by atoms with E-state index in [4.69, 9.17) is 5.11 Å². The monoisotopic (exact) mass is 213 g/mol. The molecule has 0 rings (SSSR count). The van der Waals surface area contributed by atoms with Crippen molar-refractivity contribution in [3.05, 3.63) is 12.7 Å². The quantitative estimate of drug-likeness (QED) is 0.629. The van der Waals surface area contributed by atoms with Gasteiger partial charge in [0.25, 0.3) is 0 Å². The van der Waals surface area contributed by atoms with Crippen LogP contribution in [0.25, 0.3) is 0 Å². The Kier molecular flexibility index (Phi) is 7.05. The van der Waals surface area contributed by atoms with Crippen molar-refractivity contribution >= 4 is 5.97 Å². The third-order valence-electron chi connectivity index (χ3n) is 2.36. The van der Waals surface area contributed by atoms with E-state index >= 15 is 0 Å². The SMILES string of the molecule is C=CCN(CCC(C)C)CC(C)C(=O)O. The highest BCUT2D eigenvalue weighted by atomic mass is 16.4. The molecule has 0 amide bonds. The first-order chi connectivity index (χ1) is 6.97. The van der Waals surface area contributed by atoms with Crippen LogP contribution in [0, 0.1) is 11.8 Å². The van der Waals surface area contributed by atoms with Gasteiger partial charge in [-0.1, -0.05) is 26.8 Å². The Morgan fingerprint density at radius 2 is 2.07 bits per heavy atom. The van der Waals surface area contributed by atoms with Gasteiger partial charge in [0.2, 0.25) is 0 Å². The highest BCUT2D eigenvalue weighted by molar-refractivity contribution is 5.69. The molecular formula is C12H23NO2. The Balaban J connectivity index is 4.02. The molecule has 3 nitrogen and oxygen atoms in total. The molecule has 0 fully saturated rings. The van der Waals surface area contributed by atoms with E-state index in [1.807, 2.05) is 6.08 Å². The zero-order valence-corrected chi connectivity index (χ0v) is 10.1. The summed E-state index contributed by atoms with van der Waals surface area (Å²) in [5.74, 6) is -0.386. The molecule has 0 aromatic heterocycles. The first-order valence-electron chi connectivity index (χ1n) is 5.53. The molecule has 0 aromatic rings. The number of aliphatic carboxylic acids is 1. The molecule has 0 bridgehead atoms. The van der Waals surface area contributed by atoms with Gasteiger partial charge in [-0.2, -0.15) is 0 Å². The van der Waals surface area contributed by atoms with Crippen molar-refractivity contribution in [2.75, 3.05) is 19.6 Å². The predicted octanol–water partition coefficient (Wildman–Crippen LogP) is 2.24. The first kappa shape index (κ1) is 14.2. The fourth-order valence-electron chi connectivity index (χ4n) is 1.35. The third-order valence-corrected chi connectivity index (χ3v) is 2.36. The standard InChI is InChI=1S/C12H23NO2/c1-5-7-13(8-6-10(2)3)9-11(4)12(14)15/h5,10-11H,1,6-9H2,2-4H3,(H,14,15). The molecule has 0 heterocycles. The van der Waals surface area contributed by atoms with E-state index in [-0.39, 0.29) is 5.92 Å². The predicted molar refractivity (Wildman–Crippen MR) is 62.9 cm³/mol. The van der Waals surface area contributed by atoms with Gasteiger partial charge in [-0.3, -0.25) is 9.69 Å². The minimum absolute atomic E-state index is 0.308. The van der Waals surface area contributed by atoms with Crippen molar-refractivity contribution in [1.82, 2.24) is 4.90 Å². The van der Waals surface area contributed by atoms with Crippen LogP contribution in [0.4, 0.5) is 0 Å². The van der Waals surface area contributed by atoms with E-state index in [1.165, 1.54) is 0 Å². The van der Waals surface area contributed by atoms with E-state index < -0.39 is 5.97 Å². The lowest BCUT2D eigenvalue weighted by Gasteiger charge is -2.23. The lowest BCUT2D eigenvalue weighted by Crippen LogP contribution is -2.33. The second-order valence-electron chi connectivity index (χ2n) is 4.47. The molecule has 3 heteroatoms. The van der Waals surface area contributed by atoms with Crippen molar-refractivity contribution in [2.24, 2.45) is 11.8 Å². The molecule has 0 radical (unpaired) electrons. The summed E-state index contributed by atoms with van der Waals surface area (Å²) < 4.78 is 0. The fraction of sp³-hybridized carbons (Fsp3) is 0.750. The summed E-state index contributed by atoms with van der Waals surface area (Å²) in [5.41, 5.74) is 0. The molecule has 0 aromatic carbocycles. The molecule has 88 valence electrons. The summed E-state index contributed by atoms with van der Waals surface area (Å²) in [5, 5.41) is 8.82. The van der Waals surface area contributed by atoms with Gasteiger partial charge in [0, 0.05) is 13.1 Å². The Morgan fingerprint density at radius 3 is 2.47 bits per heavy atom. The van der Waals surface area contributed by atoms with Crippen LogP contribution in [-0.2, 0) is 4.79 Å². The molecule has 1 unspecified atom stereocenters. The van der Waals surface area contributed by atoms with E-state index in [2.05, 4.69) is 25.3 Å². The number of rotatable bonds is 8. The van der Waals surface area contributed by atoms with Gasteiger partial charge in [0.15, 0.2) is 0 Å². The van der Waals surface area contributed by atoms with Crippen molar-refractivity contribution < 1.29 is 9.90 Å². The topological polar surface area (TPSA) is 40.5 Å². The summed E-state index contributed by atoms with van der Waals surface area (Å²) in [7, 11) is 0. The van der Waals surface area contributed by atoms with Crippen molar-refractivity contribution in [2.45, 2.75) is 27.2 Å². The second kappa shape index (κ2) is 7.46. The van der Waals surface area contributed by atoms with E-state index in [9.17, 15) is 4.79 Å². The maximum Gasteiger partial charge on any atom is 0.307 e. The highest BCUT2D eigenvalue weighted by Gasteiger charge is 2.15. The van der Waals surface area contributed by atoms with E-state index in [0.717, 1.165) is 19.5 Å². The van der Waals surface area contributed by atoms with Crippen molar-refractivity contribution in [3.8, 4) is 0 Å². The average molecular weight is 213 g/mol. The number of nitrogens with zero attached hydrogens (tertiary/aromatic N) is 1. The van der Waals surface area contributed by atoms with Crippen molar-refractivity contribution in [1.29, 1.82) is 0 Å². The lowest BCUT2D eigenvalue weighted by molar-refractivity contribution is -0.141. The zero-order valence-electron chi connectivity index (χ0n) is 10.1. The number of hydrogen-bond acceptors (Lipinski definition) is 2. The zero-order chi connectivity index (χ0) is 11.8. The molecule has 15 heavy (non-hydrogen) atoms. The van der Waals surface area contributed by atoms with Gasteiger partial charge < -0.3 is 5.11 Å². The van der Waals surface area contributed by atoms with Crippen LogP contribution in [0.15, 0.2) is 12.7 Å². The largest absolute Gasteiger partial charge is 0.481 e. The van der Waals surface area contributed by atoms with Gasteiger partial charge in [-0.15, -0.1) is 6.58 Å². The van der Waals surface area contributed by atoms with Gasteiger partial charge in [0.05, 0.1) is 5.92 Å². The van der Waals surface area contributed by atoms with E-state index in [0.29, 0.717) is 12.5 Å². The maximum absolute atomic E-state index is 10.7. The normalized spacial score (nSPS) is 13.1. The number of carboxylic acid groups (broad SMARTS) is 1. The van der Waals surface area contributed by atoms with Gasteiger partial charge in [0.1, 0.15) is 0 Å². The number of carboxylic acids is 1. The summed E-state index contributed by atoms with van der Waals surface area (Å²) in [6.07, 6.45) is 2.93. The summed E-state index contributed by atoms with van der Waals surface area (Å²) >= 11 is 0. The molecule has 0 aliphatic heterocycles. The van der Waals surface area contributed by atoms with Crippen LogP contribution in [-0.4, -0.2) is 35.6 Å². The Labute approximate surface area is 92.8 Å². The van der Waals surface area contributed by atoms with Crippen LogP contribution in [0.3, 0.4) is 0 Å². The molecule has 1 atom stereocenters. The molecular weight excluding hydrogens is 190 g/mol. The summed E-state index contributed by atoms with van der Waals surface area (Å²) in [6.45, 7) is 12.1. The van der Waals surface area contributed by atoms with Crippen molar-refractivity contribution in [3.63, 3.8) is 0 Å². The van der Waals surface area contributed by atoms with Gasteiger partial charge >= 0.3 is 5.97 Å². The molecule has 0 aliphatic rings. The van der Waals surface area contributed by atoms with Crippen LogP contribution in [0.1, 0.15) is 27.2 Å². The molecule has 0 spiro atoms. The fourth-order valence-corrected chi connectivity index (χ4v) is 1.35. The van der Waals surface area contributed by atoms with Crippen LogP contribution >= 0.6 is 0 Å². The highest BCUT2D eigenvalue weighted by Crippen LogP contribution is 2.05. The van der Waals surface area contributed by atoms with Gasteiger partial charge in [-0.25, -0.2) is 0 Å². The number of hydrogen-bond donors (Lipinski definition) is 1. The van der Waals surface area contributed by atoms with E-state index in [1.54, 1.807) is 6.92 Å². The van der Waals surface area contributed by atoms with Crippen LogP contribution < -0.4 is 0 Å². The average Bonchev–Trinajstić information content (AvgIpc) is 2.14. The Morgan fingerprint density at radius 1 is 1.47 bits per heavy atom. The number of carbonyl (C=O) groups is 1.